The third kappa shape index (κ3) is 4.71. The first-order chi connectivity index (χ1) is 14.6. The van der Waals surface area contributed by atoms with Crippen LogP contribution in [0.15, 0.2) is 59.3 Å². The molecule has 3 rings (SSSR count). The van der Waals surface area contributed by atoms with Gasteiger partial charge in [-0.05, 0) is 42.8 Å². The first-order valence-corrected chi connectivity index (χ1v) is 11.0. The Bertz CT molecular complexity index is 1300. The van der Waals surface area contributed by atoms with Crippen LogP contribution in [0.3, 0.4) is 0 Å². The molecule has 0 saturated heterocycles. The van der Waals surface area contributed by atoms with Crippen molar-refractivity contribution in [2.45, 2.75) is 18.4 Å². The highest BCUT2D eigenvalue weighted by Gasteiger charge is 2.21. The fourth-order valence-electron chi connectivity index (χ4n) is 3.56. The number of hydrogen-bond acceptors (Lipinski definition) is 4. The summed E-state index contributed by atoms with van der Waals surface area (Å²) in [5, 5.41) is 0.752. The first-order valence-electron chi connectivity index (χ1n) is 9.58. The topological polar surface area (TPSA) is 111 Å². The zero-order chi connectivity index (χ0) is 22.9. The molecule has 2 aromatic carbocycles. The molecule has 4 N–H and O–H groups in total. The molecule has 172 valence electrons. The minimum atomic E-state index is -3.63. The lowest BCUT2D eigenvalue weighted by molar-refractivity contribution is 0.100. The average molecular weight is 481 g/mol. The van der Waals surface area contributed by atoms with Crippen molar-refractivity contribution in [1.82, 2.24) is 8.87 Å². The third-order valence-corrected chi connectivity index (χ3v) is 6.97. The Hall–Kier alpha value is -2.72. The van der Waals surface area contributed by atoms with Gasteiger partial charge in [-0.2, -0.15) is 0 Å². The van der Waals surface area contributed by atoms with E-state index in [-0.39, 0.29) is 30.4 Å². The molecule has 0 aliphatic carbocycles. The molecule has 3 aromatic rings. The highest BCUT2D eigenvalue weighted by molar-refractivity contribution is 7.89. The van der Waals surface area contributed by atoms with E-state index in [4.69, 9.17) is 11.5 Å². The maximum atomic E-state index is 14.4. The second kappa shape index (κ2) is 9.83. The minimum Gasteiger partial charge on any atom is -0.366 e. The van der Waals surface area contributed by atoms with Crippen molar-refractivity contribution in [2.75, 3.05) is 20.6 Å². The molecular formula is C22H26ClFN4O3S. The Balaban J connectivity index is 0.00000363. The molecule has 0 fully saturated rings. The second-order valence-corrected chi connectivity index (χ2v) is 9.50. The van der Waals surface area contributed by atoms with Gasteiger partial charge in [0.1, 0.15) is 5.83 Å². The molecule has 1 aromatic heterocycles. The number of carbonyl (C=O) groups excluding carboxylic acids is 1. The van der Waals surface area contributed by atoms with Gasteiger partial charge in [0.2, 0.25) is 15.9 Å². The summed E-state index contributed by atoms with van der Waals surface area (Å²) in [6.45, 7) is 1.81. The van der Waals surface area contributed by atoms with Gasteiger partial charge in [0.25, 0.3) is 0 Å². The fourth-order valence-corrected chi connectivity index (χ4v) is 4.51. The molecule has 0 aliphatic rings. The number of halogens is 2. The highest BCUT2D eigenvalue weighted by atomic mass is 35.5. The van der Waals surface area contributed by atoms with Crippen LogP contribution in [0.5, 0.6) is 0 Å². The van der Waals surface area contributed by atoms with E-state index in [0.29, 0.717) is 16.6 Å². The molecule has 0 radical (unpaired) electrons. The predicted molar refractivity (Wildman–Crippen MR) is 127 cm³/mol. The number of sulfonamides is 1. The van der Waals surface area contributed by atoms with E-state index in [1.807, 2.05) is 6.92 Å². The number of carbonyl (C=O) groups is 1. The summed E-state index contributed by atoms with van der Waals surface area (Å²) in [5.74, 6) is -1.01. The van der Waals surface area contributed by atoms with Gasteiger partial charge in [-0.1, -0.05) is 18.2 Å². The number of rotatable bonds is 7. The maximum Gasteiger partial charge on any atom is 0.248 e. The number of aromatic nitrogens is 1. The van der Waals surface area contributed by atoms with Crippen molar-refractivity contribution in [1.29, 1.82) is 0 Å². The third-order valence-electron chi connectivity index (χ3n) is 5.16. The van der Waals surface area contributed by atoms with Gasteiger partial charge in [-0.3, -0.25) is 4.79 Å². The van der Waals surface area contributed by atoms with Gasteiger partial charge in [-0.25, -0.2) is 17.1 Å². The van der Waals surface area contributed by atoms with Gasteiger partial charge < -0.3 is 16.0 Å². The van der Waals surface area contributed by atoms with Crippen LogP contribution in [0.4, 0.5) is 4.39 Å². The smallest absolute Gasteiger partial charge is 0.248 e. The molecule has 0 saturated carbocycles. The van der Waals surface area contributed by atoms with Crippen LogP contribution in [0.25, 0.3) is 22.0 Å². The van der Waals surface area contributed by atoms with Gasteiger partial charge in [0.15, 0.2) is 0 Å². The van der Waals surface area contributed by atoms with Crippen LogP contribution in [0.1, 0.15) is 16.1 Å². The molecule has 10 heteroatoms. The summed E-state index contributed by atoms with van der Waals surface area (Å²) >= 11 is 0. The van der Waals surface area contributed by atoms with E-state index in [1.54, 1.807) is 41.0 Å². The summed E-state index contributed by atoms with van der Waals surface area (Å²) < 4.78 is 42.4. The van der Waals surface area contributed by atoms with Gasteiger partial charge in [0.05, 0.1) is 17.0 Å². The highest BCUT2D eigenvalue weighted by Crippen LogP contribution is 2.36. The van der Waals surface area contributed by atoms with Crippen molar-refractivity contribution < 1.29 is 17.6 Å². The van der Waals surface area contributed by atoms with E-state index in [2.05, 4.69) is 0 Å². The van der Waals surface area contributed by atoms with Crippen LogP contribution in [-0.4, -0.2) is 43.8 Å². The number of amides is 1. The average Bonchev–Trinajstić information content (AvgIpc) is 2.99. The molecule has 1 amide bonds. The largest absolute Gasteiger partial charge is 0.366 e. The van der Waals surface area contributed by atoms with Crippen molar-refractivity contribution in [3.63, 3.8) is 0 Å². The van der Waals surface area contributed by atoms with Crippen LogP contribution >= 0.6 is 12.4 Å². The normalized spacial score (nSPS) is 12.2. The molecule has 1 heterocycles. The van der Waals surface area contributed by atoms with Crippen molar-refractivity contribution in [3.8, 4) is 11.1 Å². The number of fused-ring (bicyclic) bond motifs is 1. The van der Waals surface area contributed by atoms with Crippen molar-refractivity contribution in [3.05, 3.63) is 65.6 Å². The maximum absolute atomic E-state index is 14.4. The van der Waals surface area contributed by atoms with Crippen molar-refractivity contribution in [2.24, 2.45) is 11.5 Å². The standard InChI is InChI=1S/C22H25FN4O3S.ClH/c1-14-21(15-5-4-6-18(11-15)31(29,30)26(2)3)19-8-7-16(22(25)28)12-20(19)27(14)13-17(23)9-10-24;/h4-9,11-12H,10,13,24H2,1-3H3,(H2,25,28);1H/b17-9-;. The summed E-state index contributed by atoms with van der Waals surface area (Å²) in [7, 11) is -0.690. The zero-order valence-corrected chi connectivity index (χ0v) is 19.6. The molecule has 0 spiro atoms. The molecule has 0 bridgehead atoms. The minimum absolute atomic E-state index is 0. The van der Waals surface area contributed by atoms with E-state index in [0.717, 1.165) is 20.9 Å². The van der Waals surface area contributed by atoms with Crippen LogP contribution in [-0.2, 0) is 16.6 Å². The Morgan fingerprint density at radius 2 is 1.88 bits per heavy atom. The molecule has 0 atom stereocenters. The van der Waals surface area contributed by atoms with E-state index in [1.165, 1.54) is 26.2 Å². The monoisotopic (exact) mass is 480 g/mol. The lowest BCUT2D eigenvalue weighted by Crippen LogP contribution is -2.22. The molecule has 0 aliphatic heterocycles. The Labute approximate surface area is 192 Å². The van der Waals surface area contributed by atoms with E-state index >= 15 is 0 Å². The van der Waals surface area contributed by atoms with E-state index < -0.39 is 21.8 Å². The van der Waals surface area contributed by atoms with Crippen LogP contribution < -0.4 is 11.5 Å². The molecule has 0 unspecified atom stereocenters. The van der Waals surface area contributed by atoms with Crippen LogP contribution in [0, 0.1) is 6.92 Å². The Kier molecular flexibility index (Phi) is 7.84. The fraction of sp³-hybridized carbons (Fsp3) is 0.227. The molecular weight excluding hydrogens is 455 g/mol. The quantitative estimate of drug-likeness (QED) is 0.540. The number of nitrogens with zero attached hydrogens (tertiary/aromatic N) is 2. The zero-order valence-electron chi connectivity index (χ0n) is 18.0. The lowest BCUT2D eigenvalue weighted by Gasteiger charge is -2.13. The summed E-state index contributed by atoms with van der Waals surface area (Å²) in [5.41, 5.74) is 13.9. The molecule has 7 nitrogen and oxygen atoms in total. The number of hydrogen-bond donors (Lipinski definition) is 2. The number of benzene rings is 2. The number of primary amides is 1. The SMILES string of the molecule is Cc1c(-c2cccc(S(=O)(=O)N(C)C)c2)c2ccc(C(N)=O)cc2n1C/C(F)=C/CN.Cl. The summed E-state index contributed by atoms with van der Waals surface area (Å²) in [4.78, 5) is 11.9. The summed E-state index contributed by atoms with van der Waals surface area (Å²) in [6, 6.07) is 11.5. The summed E-state index contributed by atoms with van der Waals surface area (Å²) in [6.07, 6.45) is 1.28. The Morgan fingerprint density at radius 1 is 1.19 bits per heavy atom. The van der Waals surface area contributed by atoms with Gasteiger partial charge in [0, 0.05) is 42.8 Å². The predicted octanol–water partition coefficient (Wildman–Crippen LogP) is 3.20. The van der Waals surface area contributed by atoms with Gasteiger partial charge >= 0.3 is 0 Å². The molecule has 32 heavy (non-hydrogen) atoms. The second-order valence-electron chi connectivity index (χ2n) is 7.34. The first kappa shape index (κ1) is 25.5. The van der Waals surface area contributed by atoms with Gasteiger partial charge in [-0.15, -0.1) is 12.4 Å². The number of nitrogens with two attached hydrogens (primary N) is 2. The lowest BCUT2D eigenvalue weighted by atomic mass is 10.0. The van der Waals surface area contributed by atoms with Crippen molar-refractivity contribution >= 4 is 39.2 Å². The Morgan fingerprint density at radius 3 is 2.47 bits per heavy atom. The van der Waals surface area contributed by atoms with E-state index in [9.17, 15) is 17.6 Å². The number of allylic oxidation sites excluding steroid dienone is 1. The van der Waals surface area contributed by atoms with Crippen LogP contribution in [0.2, 0.25) is 0 Å².